The number of anilines is 1. The van der Waals surface area contributed by atoms with Gasteiger partial charge in [0.15, 0.2) is 0 Å². The predicted octanol–water partition coefficient (Wildman–Crippen LogP) is 5.66. The Morgan fingerprint density at radius 3 is 2.38 bits per heavy atom. The molecule has 0 radical (unpaired) electrons. The maximum atomic E-state index is 13.7. The Bertz CT molecular complexity index is 1350. The number of hydrogen-bond donors (Lipinski definition) is 1. The van der Waals surface area contributed by atoms with E-state index in [4.69, 9.17) is 4.74 Å². The Morgan fingerprint density at radius 2 is 1.74 bits per heavy atom. The van der Waals surface area contributed by atoms with Crippen molar-refractivity contribution in [1.82, 2.24) is 4.98 Å². The van der Waals surface area contributed by atoms with Gasteiger partial charge in [-0.25, -0.2) is 18.6 Å². The minimum absolute atomic E-state index is 0.00195. The summed E-state index contributed by atoms with van der Waals surface area (Å²) in [6.45, 7) is 0. The fourth-order valence-electron chi connectivity index (χ4n) is 2.85. The molecule has 3 aromatic carbocycles. The summed E-state index contributed by atoms with van der Waals surface area (Å²) in [5, 5.41) is 17.2. The number of esters is 1. The second-order valence-corrected chi connectivity index (χ2v) is 7.63. The molecular formula is C23H14F2N4O4S. The Morgan fingerprint density at radius 1 is 1.06 bits per heavy atom. The van der Waals surface area contributed by atoms with Crippen molar-refractivity contribution >= 4 is 34.3 Å². The maximum absolute atomic E-state index is 13.7. The number of hydrogen-bond acceptors (Lipinski definition) is 8. The lowest BCUT2D eigenvalue weighted by molar-refractivity contribution is -0.384. The molecule has 0 atom stereocenters. The number of rotatable bonds is 7. The number of nitrogens with one attached hydrogen (secondary N) is 1. The molecule has 1 heterocycles. The fraction of sp³-hybridized carbons (Fsp3) is 0. The van der Waals surface area contributed by atoms with Crippen molar-refractivity contribution < 1.29 is 23.2 Å². The Balaban J connectivity index is 1.35. The second-order valence-electron chi connectivity index (χ2n) is 6.77. The number of ether oxygens (including phenoxy) is 1. The quantitative estimate of drug-likeness (QED) is 0.120. The zero-order valence-corrected chi connectivity index (χ0v) is 18.0. The average molecular weight is 480 g/mol. The van der Waals surface area contributed by atoms with Crippen molar-refractivity contribution in [2.75, 3.05) is 5.43 Å². The number of hydrazone groups is 1. The van der Waals surface area contributed by atoms with Crippen LogP contribution in [0.5, 0.6) is 5.75 Å². The number of nitrogens with zero attached hydrogens (tertiary/aromatic N) is 3. The number of aromatic nitrogens is 1. The van der Waals surface area contributed by atoms with E-state index in [-0.39, 0.29) is 11.4 Å². The summed E-state index contributed by atoms with van der Waals surface area (Å²) in [6.07, 6.45) is 1.51. The van der Waals surface area contributed by atoms with E-state index in [0.717, 1.165) is 23.8 Å². The highest BCUT2D eigenvalue weighted by Gasteiger charge is 2.19. The van der Waals surface area contributed by atoms with Crippen LogP contribution >= 0.6 is 11.3 Å². The monoisotopic (exact) mass is 480 g/mol. The number of benzene rings is 3. The van der Waals surface area contributed by atoms with Crippen molar-refractivity contribution in [1.29, 1.82) is 0 Å². The van der Waals surface area contributed by atoms with Crippen molar-refractivity contribution in [3.63, 3.8) is 0 Å². The number of halogens is 2. The lowest BCUT2D eigenvalue weighted by atomic mass is 10.1. The molecule has 0 saturated heterocycles. The van der Waals surface area contributed by atoms with E-state index < -0.39 is 28.1 Å². The molecule has 1 N–H and O–H groups in total. The predicted molar refractivity (Wildman–Crippen MR) is 123 cm³/mol. The van der Waals surface area contributed by atoms with Crippen LogP contribution in [0.25, 0.3) is 11.3 Å². The van der Waals surface area contributed by atoms with E-state index in [2.05, 4.69) is 15.5 Å². The van der Waals surface area contributed by atoms with Crippen LogP contribution in [0.4, 0.5) is 19.6 Å². The van der Waals surface area contributed by atoms with Crippen molar-refractivity contribution in [2.45, 2.75) is 0 Å². The normalized spacial score (nSPS) is 10.9. The van der Waals surface area contributed by atoms with Crippen LogP contribution in [-0.4, -0.2) is 22.1 Å². The van der Waals surface area contributed by atoms with Gasteiger partial charge >= 0.3 is 5.97 Å². The van der Waals surface area contributed by atoms with Crippen molar-refractivity contribution in [3.05, 3.63) is 105 Å². The molecule has 0 amide bonds. The largest absolute Gasteiger partial charge is 0.423 e. The zero-order chi connectivity index (χ0) is 24.1. The van der Waals surface area contributed by atoms with Gasteiger partial charge in [-0.2, -0.15) is 5.10 Å². The molecule has 0 bridgehead atoms. The summed E-state index contributed by atoms with van der Waals surface area (Å²) in [4.78, 5) is 26.7. The van der Waals surface area contributed by atoms with Gasteiger partial charge in [0.1, 0.15) is 22.9 Å². The highest BCUT2D eigenvalue weighted by Crippen LogP contribution is 2.26. The van der Waals surface area contributed by atoms with Crippen LogP contribution in [-0.2, 0) is 0 Å². The summed E-state index contributed by atoms with van der Waals surface area (Å²) >= 11 is 1.31. The fourth-order valence-corrected chi connectivity index (χ4v) is 3.51. The molecule has 0 unspecified atom stereocenters. The van der Waals surface area contributed by atoms with E-state index in [1.807, 2.05) is 0 Å². The molecule has 4 rings (SSSR count). The van der Waals surface area contributed by atoms with Gasteiger partial charge in [-0.15, -0.1) is 11.3 Å². The van der Waals surface area contributed by atoms with E-state index in [9.17, 15) is 23.7 Å². The van der Waals surface area contributed by atoms with E-state index in [0.29, 0.717) is 16.4 Å². The molecule has 1 aromatic heterocycles. The molecular weight excluding hydrogens is 466 g/mol. The van der Waals surface area contributed by atoms with Gasteiger partial charge in [0.25, 0.3) is 5.69 Å². The van der Waals surface area contributed by atoms with Crippen LogP contribution < -0.4 is 10.2 Å². The summed E-state index contributed by atoms with van der Waals surface area (Å²) in [6, 6.07) is 15.3. The molecule has 0 aliphatic heterocycles. The Labute approximate surface area is 195 Å². The standard InChI is InChI=1S/C23H14F2N4O4S/c24-18-2-1-3-19(25)21(18)22(30)33-17-10-4-14(5-11-17)12-26-28-23-27-20(13-34-23)15-6-8-16(9-7-15)29(31)32/h1-13H,(H,27,28)/b26-12-. The molecule has 0 aliphatic carbocycles. The topological polar surface area (TPSA) is 107 Å². The number of carbonyl (C=O) groups excluding carboxylic acids is 1. The first-order chi connectivity index (χ1) is 16.4. The number of nitro benzene ring substituents is 1. The van der Waals surface area contributed by atoms with E-state index in [1.54, 1.807) is 29.6 Å². The molecule has 11 heteroatoms. The lowest BCUT2D eigenvalue weighted by Gasteiger charge is -2.06. The summed E-state index contributed by atoms with van der Waals surface area (Å²) in [7, 11) is 0. The van der Waals surface area contributed by atoms with Gasteiger partial charge in [0.05, 0.1) is 16.8 Å². The zero-order valence-electron chi connectivity index (χ0n) is 17.1. The number of nitro groups is 1. The average Bonchev–Trinajstić information content (AvgIpc) is 3.29. The van der Waals surface area contributed by atoms with Crippen LogP contribution in [0.15, 0.2) is 77.2 Å². The highest BCUT2D eigenvalue weighted by molar-refractivity contribution is 7.14. The number of thiazole rings is 1. The molecule has 8 nitrogen and oxygen atoms in total. The van der Waals surface area contributed by atoms with Gasteiger partial charge in [-0.3, -0.25) is 15.5 Å². The lowest BCUT2D eigenvalue weighted by Crippen LogP contribution is -2.13. The first-order valence-corrected chi connectivity index (χ1v) is 10.5. The minimum Gasteiger partial charge on any atom is -0.423 e. The maximum Gasteiger partial charge on any atom is 0.349 e. The molecule has 0 fully saturated rings. The third-order valence-electron chi connectivity index (χ3n) is 4.51. The SMILES string of the molecule is O=C(Oc1ccc(/C=N\Nc2nc(-c3ccc([N+](=O)[O-])cc3)cs2)cc1)c1c(F)cccc1F. The summed E-state index contributed by atoms with van der Waals surface area (Å²) < 4.78 is 32.4. The second kappa shape index (κ2) is 9.96. The molecule has 170 valence electrons. The van der Waals surface area contributed by atoms with Gasteiger partial charge in [0.2, 0.25) is 5.13 Å². The van der Waals surface area contributed by atoms with Gasteiger partial charge < -0.3 is 4.74 Å². The third kappa shape index (κ3) is 5.27. The van der Waals surface area contributed by atoms with E-state index >= 15 is 0 Å². The summed E-state index contributed by atoms with van der Waals surface area (Å²) in [5.41, 5.74) is 4.09. The van der Waals surface area contributed by atoms with Crippen LogP contribution in [0, 0.1) is 21.7 Å². The third-order valence-corrected chi connectivity index (χ3v) is 5.26. The van der Waals surface area contributed by atoms with Gasteiger partial charge in [-0.1, -0.05) is 6.07 Å². The smallest absolute Gasteiger partial charge is 0.349 e. The van der Waals surface area contributed by atoms with E-state index in [1.165, 1.54) is 41.8 Å². The van der Waals surface area contributed by atoms with Gasteiger partial charge in [-0.05, 0) is 54.1 Å². The highest BCUT2D eigenvalue weighted by atomic mass is 32.1. The first kappa shape index (κ1) is 22.7. The molecule has 4 aromatic rings. The van der Waals surface area contributed by atoms with Crippen molar-refractivity contribution in [3.8, 4) is 17.0 Å². The van der Waals surface area contributed by atoms with Crippen LogP contribution in [0.3, 0.4) is 0 Å². The first-order valence-electron chi connectivity index (χ1n) is 9.66. The number of non-ortho nitro benzene ring substituents is 1. The summed E-state index contributed by atoms with van der Waals surface area (Å²) in [5.74, 6) is -3.02. The van der Waals surface area contributed by atoms with Crippen LogP contribution in [0.1, 0.15) is 15.9 Å². The minimum atomic E-state index is -1.13. The molecule has 34 heavy (non-hydrogen) atoms. The molecule has 0 aliphatic rings. The number of carbonyl (C=O) groups is 1. The van der Waals surface area contributed by atoms with Gasteiger partial charge in [0, 0.05) is 23.1 Å². The Hall–Kier alpha value is -4.51. The Kier molecular flexibility index (Phi) is 6.64. The molecule has 0 spiro atoms. The van der Waals surface area contributed by atoms with Crippen molar-refractivity contribution in [2.24, 2.45) is 5.10 Å². The molecule has 0 saturated carbocycles. The van der Waals surface area contributed by atoms with Crippen LogP contribution in [0.2, 0.25) is 0 Å².